The van der Waals surface area contributed by atoms with Crippen molar-refractivity contribution in [3.63, 3.8) is 0 Å². The van der Waals surface area contributed by atoms with Crippen molar-refractivity contribution in [2.45, 2.75) is 38.7 Å². The second-order valence-electron chi connectivity index (χ2n) is 7.29. The van der Waals surface area contributed by atoms with Crippen LogP contribution in [-0.4, -0.2) is 59.8 Å². The zero-order chi connectivity index (χ0) is 19.2. The lowest BCUT2D eigenvalue weighted by molar-refractivity contribution is -0.138. The third kappa shape index (κ3) is 5.29. The SMILES string of the molecule is CCNC(=N)c1ccc(C2=NOC(CN3CCC(CC(=O)O)CC3)C2)cc1. The Morgan fingerprint density at radius 2 is 2.04 bits per heavy atom. The van der Waals surface area contributed by atoms with E-state index in [1.54, 1.807) is 0 Å². The molecular weight excluding hydrogens is 344 g/mol. The van der Waals surface area contributed by atoms with Crippen LogP contribution in [0.1, 0.15) is 43.7 Å². The summed E-state index contributed by atoms with van der Waals surface area (Å²) in [5.41, 5.74) is 2.84. The van der Waals surface area contributed by atoms with Crippen LogP contribution in [0.3, 0.4) is 0 Å². The van der Waals surface area contributed by atoms with Crippen molar-refractivity contribution in [3.05, 3.63) is 35.4 Å². The number of aliphatic carboxylic acids is 1. The number of benzene rings is 1. The van der Waals surface area contributed by atoms with Gasteiger partial charge in [-0.1, -0.05) is 29.4 Å². The Morgan fingerprint density at radius 3 is 2.67 bits per heavy atom. The number of carboxylic acids is 1. The fraction of sp³-hybridized carbons (Fsp3) is 0.550. The van der Waals surface area contributed by atoms with Crippen molar-refractivity contribution in [2.75, 3.05) is 26.2 Å². The first-order chi connectivity index (χ1) is 13.0. The monoisotopic (exact) mass is 372 g/mol. The average Bonchev–Trinajstić information content (AvgIpc) is 3.12. The molecule has 0 aliphatic carbocycles. The molecular formula is C20H28N4O3. The quantitative estimate of drug-likeness (QED) is 0.504. The summed E-state index contributed by atoms with van der Waals surface area (Å²) in [5.74, 6) is 0.0320. The van der Waals surface area contributed by atoms with Crippen molar-refractivity contribution in [1.82, 2.24) is 10.2 Å². The number of nitrogens with one attached hydrogen (secondary N) is 2. The van der Waals surface area contributed by atoms with Gasteiger partial charge in [0, 0.05) is 31.5 Å². The Kier molecular flexibility index (Phi) is 6.45. The molecule has 1 unspecified atom stereocenters. The first-order valence-corrected chi connectivity index (χ1v) is 9.65. The number of amidine groups is 1. The maximum atomic E-state index is 10.8. The van der Waals surface area contributed by atoms with Crippen LogP contribution < -0.4 is 5.32 Å². The van der Waals surface area contributed by atoms with Gasteiger partial charge in [0.1, 0.15) is 11.9 Å². The molecule has 7 heteroatoms. The number of piperidine rings is 1. The summed E-state index contributed by atoms with van der Waals surface area (Å²) in [6, 6.07) is 7.85. The molecule has 27 heavy (non-hydrogen) atoms. The normalized spacial score (nSPS) is 20.8. The lowest BCUT2D eigenvalue weighted by Gasteiger charge is -2.32. The number of oxime groups is 1. The van der Waals surface area contributed by atoms with Crippen molar-refractivity contribution < 1.29 is 14.7 Å². The molecule has 1 atom stereocenters. The van der Waals surface area contributed by atoms with Crippen molar-refractivity contribution >= 4 is 17.5 Å². The van der Waals surface area contributed by atoms with E-state index in [2.05, 4.69) is 15.4 Å². The van der Waals surface area contributed by atoms with E-state index >= 15 is 0 Å². The van der Waals surface area contributed by atoms with Crippen LogP contribution in [0.25, 0.3) is 0 Å². The zero-order valence-corrected chi connectivity index (χ0v) is 15.8. The number of carbonyl (C=O) groups is 1. The third-order valence-corrected chi connectivity index (χ3v) is 5.23. The average molecular weight is 372 g/mol. The van der Waals surface area contributed by atoms with Gasteiger partial charge in [0.15, 0.2) is 0 Å². The molecule has 0 amide bonds. The van der Waals surface area contributed by atoms with E-state index in [0.717, 1.165) is 62.3 Å². The molecule has 2 aliphatic rings. The highest BCUT2D eigenvalue weighted by Gasteiger charge is 2.27. The number of nitrogens with zero attached hydrogens (tertiary/aromatic N) is 2. The van der Waals surface area contributed by atoms with E-state index in [4.69, 9.17) is 15.4 Å². The van der Waals surface area contributed by atoms with Crippen LogP contribution in [0.2, 0.25) is 0 Å². The van der Waals surface area contributed by atoms with E-state index in [9.17, 15) is 4.79 Å². The standard InChI is InChI=1S/C20H28N4O3/c1-2-22-20(21)16-5-3-15(4-6-16)18-12-17(27-23-18)13-24-9-7-14(8-10-24)11-19(25)26/h3-6,14,17H,2,7-13H2,1H3,(H2,21,22)(H,25,26). The molecule has 0 radical (unpaired) electrons. The summed E-state index contributed by atoms with van der Waals surface area (Å²) in [6.07, 6.45) is 2.98. The van der Waals surface area contributed by atoms with Gasteiger partial charge in [0.2, 0.25) is 0 Å². The fourth-order valence-electron chi connectivity index (χ4n) is 3.71. The number of hydrogen-bond acceptors (Lipinski definition) is 5. The Hall–Kier alpha value is -2.41. The largest absolute Gasteiger partial charge is 0.481 e. The van der Waals surface area contributed by atoms with Gasteiger partial charge in [0.25, 0.3) is 0 Å². The highest BCUT2D eigenvalue weighted by atomic mass is 16.6. The lowest BCUT2D eigenvalue weighted by atomic mass is 9.93. The van der Waals surface area contributed by atoms with Gasteiger partial charge < -0.3 is 15.3 Å². The van der Waals surface area contributed by atoms with Crippen LogP contribution in [0.4, 0.5) is 0 Å². The minimum Gasteiger partial charge on any atom is -0.481 e. The molecule has 3 N–H and O–H groups in total. The molecule has 146 valence electrons. The van der Waals surface area contributed by atoms with Crippen LogP contribution in [0.15, 0.2) is 29.4 Å². The van der Waals surface area contributed by atoms with Gasteiger partial charge in [-0.15, -0.1) is 0 Å². The Morgan fingerprint density at radius 1 is 1.33 bits per heavy atom. The summed E-state index contributed by atoms with van der Waals surface area (Å²) in [4.78, 5) is 18.8. The molecule has 0 spiro atoms. The molecule has 1 aromatic rings. The molecule has 7 nitrogen and oxygen atoms in total. The Balaban J connectivity index is 1.46. The fourth-order valence-corrected chi connectivity index (χ4v) is 3.71. The number of carboxylic acid groups (broad SMARTS) is 1. The second kappa shape index (κ2) is 8.99. The molecule has 1 fully saturated rings. The Labute approximate surface area is 159 Å². The smallest absolute Gasteiger partial charge is 0.303 e. The van der Waals surface area contributed by atoms with Crippen LogP contribution >= 0.6 is 0 Å². The van der Waals surface area contributed by atoms with E-state index in [0.29, 0.717) is 11.8 Å². The van der Waals surface area contributed by atoms with E-state index in [1.807, 2.05) is 31.2 Å². The van der Waals surface area contributed by atoms with Gasteiger partial charge in [-0.2, -0.15) is 0 Å². The summed E-state index contributed by atoms with van der Waals surface area (Å²) >= 11 is 0. The van der Waals surface area contributed by atoms with Gasteiger partial charge in [-0.05, 0) is 44.3 Å². The highest BCUT2D eigenvalue weighted by molar-refractivity contribution is 6.02. The van der Waals surface area contributed by atoms with Crippen LogP contribution in [0.5, 0.6) is 0 Å². The highest BCUT2D eigenvalue weighted by Crippen LogP contribution is 2.23. The van der Waals surface area contributed by atoms with Crippen molar-refractivity contribution in [3.8, 4) is 0 Å². The predicted octanol–water partition coefficient (Wildman–Crippen LogP) is 2.30. The molecule has 0 bridgehead atoms. The molecule has 2 heterocycles. The summed E-state index contributed by atoms with van der Waals surface area (Å²) in [5, 5.41) is 24.1. The molecule has 1 aromatic carbocycles. The molecule has 1 saturated heterocycles. The predicted molar refractivity (Wildman–Crippen MR) is 104 cm³/mol. The lowest BCUT2D eigenvalue weighted by Crippen LogP contribution is -2.39. The molecule has 2 aliphatic heterocycles. The topological polar surface area (TPSA) is 98.0 Å². The minimum absolute atomic E-state index is 0.0516. The maximum Gasteiger partial charge on any atom is 0.303 e. The first-order valence-electron chi connectivity index (χ1n) is 9.65. The van der Waals surface area contributed by atoms with Gasteiger partial charge in [-0.25, -0.2) is 0 Å². The van der Waals surface area contributed by atoms with Gasteiger partial charge in [-0.3, -0.25) is 15.1 Å². The van der Waals surface area contributed by atoms with E-state index in [1.165, 1.54) is 0 Å². The van der Waals surface area contributed by atoms with Gasteiger partial charge >= 0.3 is 5.97 Å². The third-order valence-electron chi connectivity index (χ3n) is 5.23. The maximum absolute atomic E-state index is 10.8. The molecule has 3 rings (SSSR count). The van der Waals surface area contributed by atoms with Crippen molar-refractivity contribution in [2.24, 2.45) is 11.1 Å². The Bertz CT molecular complexity index is 694. The van der Waals surface area contributed by atoms with Crippen LogP contribution in [0, 0.1) is 11.3 Å². The second-order valence-corrected chi connectivity index (χ2v) is 7.29. The summed E-state index contributed by atoms with van der Waals surface area (Å²) < 4.78 is 0. The number of hydrogen-bond donors (Lipinski definition) is 3. The molecule has 0 saturated carbocycles. The molecule has 0 aromatic heterocycles. The number of rotatable bonds is 7. The first kappa shape index (κ1) is 19.4. The summed E-state index contributed by atoms with van der Waals surface area (Å²) in [6.45, 7) is 5.39. The van der Waals surface area contributed by atoms with E-state index < -0.39 is 5.97 Å². The van der Waals surface area contributed by atoms with E-state index in [-0.39, 0.29) is 12.5 Å². The zero-order valence-electron chi connectivity index (χ0n) is 15.8. The van der Waals surface area contributed by atoms with Crippen molar-refractivity contribution in [1.29, 1.82) is 5.41 Å². The van der Waals surface area contributed by atoms with Crippen LogP contribution in [-0.2, 0) is 9.63 Å². The number of likely N-dealkylation sites (tertiary alicyclic amines) is 1. The minimum atomic E-state index is -0.697. The van der Waals surface area contributed by atoms with Gasteiger partial charge in [0.05, 0.1) is 5.71 Å². The summed E-state index contributed by atoms with van der Waals surface area (Å²) in [7, 11) is 0.